The van der Waals surface area contributed by atoms with E-state index in [1.807, 2.05) is 12.1 Å². The summed E-state index contributed by atoms with van der Waals surface area (Å²) in [6.07, 6.45) is 2.53. The minimum atomic E-state index is -0.452. The maximum Gasteiger partial charge on any atom is 0.363 e. The Morgan fingerprint density at radius 1 is 1.20 bits per heavy atom. The van der Waals surface area contributed by atoms with E-state index in [2.05, 4.69) is 37.5 Å². The van der Waals surface area contributed by atoms with Crippen LogP contribution < -0.4 is 15.9 Å². The number of benzene rings is 1. The monoisotopic (exact) mass is 271 g/mol. The first-order valence-electron chi connectivity index (χ1n) is 6.78. The summed E-state index contributed by atoms with van der Waals surface area (Å²) in [7, 11) is 0. The molecule has 1 saturated heterocycles. The molecule has 0 radical (unpaired) electrons. The highest BCUT2D eigenvalue weighted by atomic mass is 16.1. The minimum Gasteiger partial charge on any atom is -0.372 e. The fourth-order valence-electron chi connectivity index (χ4n) is 2.38. The Kier molecular flexibility index (Phi) is 3.37. The molecule has 6 nitrogen and oxygen atoms in total. The number of hydrogen-bond acceptors (Lipinski definition) is 5. The van der Waals surface area contributed by atoms with Gasteiger partial charge >= 0.3 is 5.69 Å². The van der Waals surface area contributed by atoms with Gasteiger partial charge in [0.2, 0.25) is 0 Å². The van der Waals surface area contributed by atoms with E-state index in [9.17, 15) is 4.79 Å². The average molecular weight is 271 g/mol. The molecule has 0 saturated carbocycles. The van der Waals surface area contributed by atoms with Crippen LogP contribution in [0.1, 0.15) is 18.5 Å². The Hall–Kier alpha value is -2.37. The molecular formula is C14H17N5O. The normalized spacial score (nSPS) is 14.6. The molecule has 1 aromatic heterocycles. The first kappa shape index (κ1) is 12.7. The van der Waals surface area contributed by atoms with Crippen LogP contribution in [0.4, 0.5) is 17.2 Å². The fraction of sp³-hybridized carbons (Fsp3) is 0.357. The molecule has 3 rings (SSSR count). The predicted octanol–water partition coefficient (Wildman–Crippen LogP) is 1.82. The van der Waals surface area contributed by atoms with Gasteiger partial charge in [-0.05, 0) is 44.0 Å². The summed E-state index contributed by atoms with van der Waals surface area (Å²) in [6, 6.07) is 8.17. The van der Waals surface area contributed by atoms with Gasteiger partial charge in [0.05, 0.1) is 0 Å². The third kappa shape index (κ3) is 2.64. The highest BCUT2D eigenvalue weighted by molar-refractivity contribution is 5.61. The number of rotatable bonds is 3. The van der Waals surface area contributed by atoms with E-state index < -0.39 is 5.69 Å². The highest BCUT2D eigenvalue weighted by Gasteiger charge is 2.12. The van der Waals surface area contributed by atoms with Gasteiger partial charge in [-0.2, -0.15) is 10.1 Å². The van der Waals surface area contributed by atoms with E-state index in [-0.39, 0.29) is 0 Å². The van der Waals surface area contributed by atoms with Crippen LogP contribution in [0.25, 0.3) is 0 Å². The zero-order valence-corrected chi connectivity index (χ0v) is 11.4. The number of nitrogens with zero attached hydrogens (tertiary/aromatic N) is 3. The third-order valence-electron chi connectivity index (χ3n) is 3.48. The summed E-state index contributed by atoms with van der Waals surface area (Å²) in [5, 5.41) is 9.31. The van der Waals surface area contributed by atoms with E-state index >= 15 is 0 Å². The summed E-state index contributed by atoms with van der Waals surface area (Å²) < 4.78 is 0. The lowest BCUT2D eigenvalue weighted by Gasteiger charge is -2.17. The highest BCUT2D eigenvalue weighted by Crippen LogP contribution is 2.23. The number of H-pyrrole nitrogens is 1. The molecule has 0 aliphatic carbocycles. The maximum atomic E-state index is 11.2. The van der Waals surface area contributed by atoms with Crippen molar-refractivity contribution in [3.05, 3.63) is 40.4 Å². The van der Waals surface area contributed by atoms with Gasteiger partial charge in [-0.25, -0.2) is 9.89 Å². The van der Waals surface area contributed by atoms with E-state index in [4.69, 9.17) is 0 Å². The van der Waals surface area contributed by atoms with Gasteiger partial charge in [0.1, 0.15) is 5.69 Å². The van der Waals surface area contributed by atoms with Crippen LogP contribution in [-0.2, 0) is 0 Å². The maximum absolute atomic E-state index is 11.2. The third-order valence-corrected chi connectivity index (χ3v) is 3.48. The Balaban J connectivity index is 1.77. The molecule has 1 aromatic carbocycles. The number of anilines is 3. The Labute approximate surface area is 116 Å². The van der Waals surface area contributed by atoms with Crippen molar-refractivity contribution in [2.24, 2.45) is 0 Å². The van der Waals surface area contributed by atoms with Gasteiger partial charge < -0.3 is 10.2 Å². The molecule has 20 heavy (non-hydrogen) atoms. The molecule has 0 atom stereocenters. The Morgan fingerprint density at radius 2 is 1.90 bits per heavy atom. The number of aryl methyl sites for hydroxylation is 1. The van der Waals surface area contributed by atoms with Crippen LogP contribution in [0.3, 0.4) is 0 Å². The van der Waals surface area contributed by atoms with Crippen molar-refractivity contribution >= 4 is 17.2 Å². The summed E-state index contributed by atoms with van der Waals surface area (Å²) in [5.41, 5.74) is 2.35. The Morgan fingerprint density at radius 3 is 2.60 bits per heavy atom. The summed E-state index contributed by atoms with van der Waals surface area (Å²) in [5.74, 6) is 0.489. The van der Waals surface area contributed by atoms with Crippen molar-refractivity contribution in [1.82, 2.24) is 15.2 Å². The molecule has 104 valence electrons. The van der Waals surface area contributed by atoms with Crippen molar-refractivity contribution in [3.63, 3.8) is 0 Å². The van der Waals surface area contributed by atoms with Crippen molar-refractivity contribution in [1.29, 1.82) is 0 Å². The number of nitrogens with one attached hydrogen (secondary N) is 2. The van der Waals surface area contributed by atoms with E-state index in [0.29, 0.717) is 11.5 Å². The molecule has 1 aliphatic heterocycles. The van der Waals surface area contributed by atoms with Gasteiger partial charge in [0.25, 0.3) is 0 Å². The second-order valence-corrected chi connectivity index (χ2v) is 4.94. The number of aromatic nitrogens is 3. The first-order valence-corrected chi connectivity index (χ1v) is 6.78. The fourth-order valence-corrected chi connectivity index (χ4v) is 2.38. The second kappa shape index (κ2) is 5.32. The van der Waals surface area contributed by atoms with Crippen LogP contribution in [0.15, 0.2) is 29.1 Å². The average Bonchev–Trinajstić information content (AvgIpc) is 2.98. The molecular weight excluding hydrogens is 254 g/mol. The zero-order chi connectivity index (χ0) is 13.9. The standard InChI is InChI=1S/C14H17N5O/c1-10-13(16-14(20)18-17-10)15-11-4-6-12(7-5-11)19-8-2-3-9-19/h4-7H,2-3,8-9H2,1H3,(H2,15,16,18,20). The van der Waals surface area contributed by atoms with Crippen LogP contribution in [0, 0.1) is 6.92 Å². The van der Waals surface area contributed by atoms with Gasteiger partial charge in [0.15, 0.2) is 5.82 Å². The summed E-state index contributed by atoms with van der Waals surface area (Å²) >= 11 is 0. The molecule has 0 amide bonds. The SMILES string of the molecule is Cc1n[nH]c(=O)nc1Nc1ccc(N2CCCC2)cc1. The molecule has 1 fully saturated rings. The lowest BCUT2D eigenvalue weighted by molar-refractivity contribution is 0.885. The molecule has 1 aliphatic rings. The second-order valence-electron chi connectivity index (χ2n) is 4.94. The predicted molar refractivity (Wildman–Crippen MR) is 78.6 cm³/mol. The van der Waals surface area contributed by atoms with Crippen LogP contribution in [0.5, 0.6) is 0 Å². The largest absolute Gasteiger partial charge is 0.372 e. The first-order chi connectivity index (χ1) is 9.72. The quantitative estimate of drug-likeness (QED) is 0.890. The van der Waals surface area contributed by atoms with Crippen LogP contribution >= 0.6 is 0 Å². The van der Waals surface area contributed by atoms with Gasteiger partial charge in [-0.1, -0.05) is 0 Å². The van der Waals surface area contributed by atoms with Crippen molar-refractivity contribution < 1.29 is 0 Å². The molecule has 2 N–H and O–H groups in total. The molecule has 2 aromatic rings. The lowest BCUT2D eigenvalue weighted by Crippen LogP contribution is -2.17. The van der Waals surface area contributed by atoms with Crippen LogP contribution in [0.2, 0.25) is 0 Å². The van der Waals surface area contributed by atoms with Crippen molar-refractivity contribution in [2.45, 2.75) is 19.8 Å². The Bertz CT molecular complexity index is 643. The topological polar surface area (TPSA) is 73.9 Å². The minimum absolute atomic E-state index is 0.452. The number of aromatic amines is 1. The van der Waals surface area contributed by atoms with Gasteiger partial charge in [0, 0.05) is 24.5 Å². The molecule has 0 bridgehead atoms. The zero-order valence-electron chi connectivity index (χ0n) is 11.4. The van der Waals surface area contributed by atoms with Crippen molar-refractivity contribution in [3.8, 4) is 0 Å². The van der Waals surface area contributed by atoms with E-state index in [1.54, 1.807) is 6.92 Å². The van der Waals surface area contributed by atoms with Crippen LogP contribution in [-0.4, -0.2) is 28.3 Å². The van der Waals surface area contributed by atoms with Gasteiger partial charge in [-0.3, -0.25) is 0 Å². The molecule has 0 spiro atoms. The lowest BCUT2D eigenvalue weighted by atomic mass is 10.2. The van der Waals surface area contributed by atoms with Crippen molar-refractivity contribution in [2.75, 3.05) is 23.3 Å². The molecule has 6 heteroatoms. The number of hydrogen-bond donors (Lipinski definition) is 2. The summed E-state index contributed by atoms with van der Waals surface area (Å²) in [6.45, 7) is 4.06. The smallest absolute Gasteiger partial charge is 0.363 e. The van der Waals surface area contributed by atoms with E-state index in [0.717, 1.165) is 18.8 Å². The van der Waals surface area contributed by atoms with E-state index in [1.165, 1.54) is 18.5 Å². The van der Waals surface area contributed by atoms with Gasteiger partial charge in [-0.15, -0.1) is 0 Å². The summed E-state index contributed by atoms with van der Waals surface area (Å²) in [4.78, 5) is 17.4. The molecule has 0 unspecified atom stereocenters. The molecule has 2 heterocycles.